The van der Waals surface area contributed by atoms with Crippen molar-refractivity contribution in [3.8, 4) is 5.75 Å². The molecule has 0 spiro atoms. The molecule has 2 unspecified atom stereocenters. The number of carbonyl (C=O) groups is 2. The molecule has 2 amide bonds. The van der Waals surface area contributed by atoms with Crippen molar-refractivity contribution in [2.24, 2.45) is 5.92 Å². The Labute approximate surface area is 235 Å². The average molecular weight is 562 g/mol. The van der Waals surface area contributed by atoms with E-state index in [0.29, 0.717) is 35.4 Å². The fraction of sp³-hybridized carbons (Fsp3) is 0.517. The lowest BCUT2D eigenvalue weighted by molar-refractivity contribution is 0.0478. The average Bonchev–Trinajstić information content (AvgIpc) is 2.95. The Morgan fingerprint density at radius 2 is 2.00 bits per heavy atom. The van der Waals surface area contributed by atoms with Crippen molar-refractivity contribution in [2.75, 3.05) is 53.7 Å². The van der Waals surface area contributed by atoms with E-state index in [1.54, 1.807) is 18.2 Å². The Morgan fingerprint density at radius 1 is 1.15 bits per heavy atom. The smallest absolute Gasteiger partial charge is 0.406 e. The number of amides is 2. The quantitative estimate of drug-likeness (QED) is 0.295. The van der Waals surface area contributed by atoms with Crippen LogP contribution in [0.3, 0.4) is 0 Å². The van der Waals surface area contributed by atoms with Gasteiger partial charge in [0.1, 0.15) is 11.9 Å². The fourth-order valence-electron chi connectivity index (χ4n) is 4.63. The molecule has 1 aliphatic rings. The molecule has 0 bridgehead atoms. The van der Waals surface area contributed by atoms with Crippen molar-refractivity contribution >= 4 is 23.6 Å². The molecule has 3 rings (SSSR count). The van der Waals surface area contributed by atoms with Crippen LogP contribution < -0.4 is 20.7 Å². The number of carbonyl (C=O) groups excluding carboxylic acids is 2. The third-order valence-electron chi connectivity index (χ3n) is 6.59. The molecule has 2 aromatic rings. The van der Waals surface area contributed by atoms with Crippen LogP contribution in [0.15, 0.2) is 42.5 Å². The van der Waals surface area contributed by atoms with Crippen LogP contribution in [0.1, 0.15) is 53.8 Å². The van der Waals surface area contributed by atoms with Crippen molar-refractivity contribution in [3.05, 3.63) is 64.2 Å². The van der Waals surface area contributed by atoms with Crippen LogP contribution in [0.4, 0.5) is 4.79 Å². The van der Waals surface area contributed by atoms with Crippen LogP contribution in [0.25, 0.3) is 0 Å². The molecular weight excluding hydrogens is 522 g/mol. The van der Waals surface area contributed by atoms with Gasteiger partial charge in [0.05, 0.1) is 20.3 Å². The van der Waals surface area contributed by atoms with Gasteiger partial charge >= 0.3 is 6.09 Å². The minimum Gasteiger partial charge on any atom is -0.494 e. The van der Waals surface area contributed by atoms with Gasteiger partial charge in [-0.15, -0.1) is 0 Å². The Balaban J connectivity index is 1.78. The summed E-state index contributed by atoms with van der Waals surface area (Å²) >= 11 is 6.28. The largest absolute Gasteiger partial charge is 0.494 e. The maximum Gasteiger partial charge on any atom is 0.406 e. The normalized spacial score (nSPS) is 16.7. The lowest BCUT2D eigenvalue weighted by atomic mass is 9.94. The van der Waals surface area contributed by atoms with E-state index < -0.39 is 12.2 Å². The Hall–Kier alpha value is -2.85. The molecule has 1 heterocycles. The van der Waals surface area contributed by atoms with Gasteiger partial charge in [-0.05, 0) is 80.6 Å². The van der Waals surface area contributed by atoms with Crippen LogP contribution in [-0.4, -0.2) is 71.7 Å². The van der Waals surface area contributed by atoms with E-state index in [4.69, 9.17) is 25.8 Å². The van der Waals surface area contributed by atoms with Gasteiger partial charge in [0.25, 0.3) is 5.91 Å². The number of alkyl carbamates (subject to hydrolysis) is 1. The first-order valence-electron chi connectivity index (χ1n) is 13.4. The van der Waals surface area contributed by atoms with Gasteiger partial charge in [0.2, 0.25) is 0 Å². The monoisotopic (exact) mass is 561 g/mol. The first-order chi connectivity index (χ1) is 18.9. The van der Waals surface area contributed by atoms with Gasteiger partial charge in [-0.25, -0.2) is 4.79 Å². The molecule has 214 valence electrons. The number of hydrogen-bond donors (Lipinski definition) is 3. The molecule has 2 aromatic carbocycles. The Kier molecular flexibility index (Phi) is 12.8. The van der Waals surface area contributed by atoms with Crippen molar-refractivity contribution in [1.82, 2.24) is 16.0 Å². The summed E-state index contributed by atoms with van der Waals surface area (Å²) in [5.41, 5.74) is 2.01. The highest BCUT2D eigenvalue weighted by molar-refractivity contribution is 6.30. The highest BCUT2D eigenvalue weighted by Crippen LogP contribution is 2.31. The summed E-state index contributed by atoms with van der Waals surface area (Å²) in [6.07, 6.45) is 2.07. The molecule has 1 saturated heterocycles. The number of likely N-dealkylation sites (N-methyl/N-ethyl adjacent to an activating group) is 1. The molecule has 39 heavy (non-hydrogen) atoms. The summed E-state index contributed by atoms with van der Waals surface area (Å²) < 4.78 is 22.2. The molecule has 9 nitrogen and oxygen atoms in total. The van der Waals surface area contributed by atoms with Crippen molar-refractivity contribution in [2.45, 2.75) is 38.3 Å². The van der Waals surface area contributed by atoms with Crippen molar-refractivity contribution in [1.29, 1.82) is 0 Å². The fourth-order valence-corrected chi connectivity index (χ4v) is 4.83. The van der Waals surface area contributed by atoms with E-state index in [1.807, 2.05) is 38.2 Å². The zero-order valence-electron chi connectivity index (χ0n) is 23.0. The van der Waals surface area contributed by atoms with Gasteiger partial charge < -0.3 is 34.9 Å². The number of benzene rings is 2. The number of hydrogen-bond acceptors (Lipinski definition) is 7. The minimum absolute atomic E-state index is 0.139. The first-order valence-corrected chi connectivity index (χ1v) is 13.8. The van der Waals surface area contributed by atoms with Crippen LogP contribution in [0.2, 0.25) is 5.02 Å². The van der Waals surface area contributed by atoms with Crippen LogP contribution >= 0.6 is 11.6 Å². The molecular formula is C29H40ClN3O6. The molecule has 10 heteroatoms. The van der Waals surface area contributed by atoms with Gasteiger partial charge in [0, 0.05) is 42.9 Å². The highest BCUT2D eigenvalue weighted by Gasteiger charge is 2.22. The van der Waals surface area contributed by atoms with Crippen molar-refractivity contribution < 1.29 is 28.5 Å². The second kappa shape index (κ2) is 16.3. The zero-order valence-corrected chi connectivity index (χ0v) is 23.7. The summed E-state index contributed by atoms with van der Waals surface area (Å²) in [5.74, 6) is 0.855. The third kappa shape index (κ3) is 10.0. The number of rotatable bonds is 14. The van der Waals surface area contributed by atoms with Gasteiger partial charge in [-0.3, -0.25) is 4.79 Å². The number of nitrogens with one attached hydrogen (secondary N) is 3. The standard InChI is InChI=1S/C29H40ClN3O6/c1-4-38-26-16-22(27(21-8-5-9-24(30)15-21)39-12-10-32-29(35)36-3)14-23(17-26)28(34)33-18-25(31-2)13-20-7-6-11-37-19-20/h5,8-9,14-17,20,25,27,31H,4,6-7,10-13,18-19H2,1-3H3,(H,32,35)(H,33,34)/t20-,25?,27?/m1/s1. The van der Waals surface area contributed by atoms with Gasteiger partial charge in [-0.2, -0.15) is 0 Å². The SMILES string of the molecule is CCOc1cc(C(=O)NCC(C[C@H]2CCCOC2)NC)cc(C(OCCNC(=O)OC)c2cccc(Cl)c2)c1. The number of ether oxygens (including phenoxy) is 4. The maximum absolute atomic E-state index is 13.3. The predicted octanol–water partition coefficient (Wildman–Crippen LogP) is 4.34. The van der Waals surface area contributed by atoms with E-state index in [0.717, 1.165) is 43.6 Å². The first kappa shape index (κ1) is 30.7. The Morgan fingerprint density at radius 3 is 2.69 bits per heavy atom. The third-order valence-corrected chi connectivity index (χ3v) is 6.82. The van der Waals surface area contributed by atoms with Gasteiger partial charge in [-0.1, -0.05) is 23.7 Å². The summed E-state index contributed by atoms with van der Waals surface area (Å²) in [7, 11) is 3.22. The molecule has 1 fully saturated rings. The lowest BCUT2D eigenvalue weighted by Gasteiger charge is -2.26. The zero-order chi connectivity index (χ0) is 28.0. The van der Waals surface area contributed by atoms with E-state index in [9.17, 15) is 9.59 Å². The number of halogens is 1. The van der Waals surface area contributed by atoms with E-state index in [-0.39, 0.29) is 25.1 Å². The summed E-state index contributed by atoms with van der Waals surface area (Å²) in [6, 6.07) is 12.9. The molecule has 0 saturated carbocycles. The lowest BCUT2D eigenvalue weighted by Crippen LogP contribution is -2.41. The highest BCUT2D eigenvalue weighted by atomic mass is 35.5. The second-order valence-corrected chi connectivity index (χ2v) is 9.90. The predicted molar refractivity (Wildman–Crippen MR) is 151 cm³/mol. The molecule has 0 aliphatic carbocycles. The molecule has 1 aliphatic heterocycles. The molecule has 3 N–H and O–H groups in total. The molecule has 3 atom stereocenters. The summed E-state index contributed by atoms with van der Waals surface area (Å²) in [6.45, 7) is 4.89. The summed E-state index contributed by atoms with van der Waals surface area (Å²) in [4.78, 5) is 24.7. The summed E-state index contributed by atoms with van der Waals surface area (Å²) in [5, 5.41) is 9.57. The van der Waals surface area contributed by atoms with Gasteiger partial charge in [0.15, 0.2) is 0 Å². The number of methoxy groups -OCH3 is 1. The van der Waals surface area contributed by atoms with Crippen LogP contribution in [-0.2, 0) is 14.2 Å². The molecule has 0 aromatic heterocycles. The van der Waals surface area contributed by atoms with E-state index >= 15 is 0 Å². The molecule has 0 radical (unpaired) electrons. The topological polar surface area (TPSA) is 107 Å². The maximum atomic E-state index is 13.3. The van der Waals surface area contributed by atoms with E-state index in [1.165, 1.54) is 7.11 Å². The van der Waals surface area contributed by atoms with Crippen LogP contribution in [0, 0.1) is 5.92 Å². The second-order valence-electron chi connectivity index (χ2n) is 9.46. The van der Waals surface area contributed by atoms with Crippen molar-refractivity contribution in [3.63, 3.8) is 0 Å². The Bertz CT molecular complexity index is 1060. The minimum atomic E-state index is -0.550. The van der Waals surface area contributed by atoms with Crippen LogP contribution in [0.5, 0.6) is 5.75 Å². The van der Waals surface area contributed by atoms with E-state index in [2.05, 4.69) is 20.7 Å².